The van der Waals surface area contributed by atoms with Crippen molar-refractivity contribution in [3.8, 4) is 11.5 Å². The summed E-state index contributed by atoms with van der Waals surface area (Å²) < 4.78 is 6.29. The molecule has 18 heavy (non-hydrogen) atoms. The number of halogens is 1. The van der Waals surface area contributed by atoms with Crippen LogP contribution in [0.3, 0.4) is 0 Å². The second-order valence-electron chi connectivity index (χ2n) is 4.94. The summed E-state index contributed by atoms with van der Waals surface area (Å²) in [5.41, 5.74) is 1.92. The number of benzene rings is 1. The van der Waals surface area contributed by atoms with E-state index in [1.54, 1.807) is 7.11 Å². The van der Waals surface area contributed by atoms with Crippen LogP contribution in [0.5, 0.6) is 11.5 Å². The van der Waals surface area contributed by atoms with E-state index in [0.29, 0.717) is 17.4 Å². The summed E-state index contributed by atoms with van der Waals surface area (Å²) in [5, 5.41) is 13.7. The fourth-order valence-corrected chi connectivity index (χ4v) is 3.03. The quantitative estimate of drug-likeness (QED) is 0.901. The Bertz CT molecular complexity index is 428. The minimum atomic E-state index is 0.295. The van der Waals surface area contributed by atoms with Gasteiger partial charge >= 0.3 is 0 Å². The van der Waals surface area contributed by atoms with Gasteiger partial charge in [0.1, 0.15) is 0 Å². The van der Waals surface area contributed by atoms with Crippen LogP contribution < -0.4 is 10.1 Å². The van der Waals surface area contributed by atoms with E-state index in [1.807, 2.05) is 13.0 Å². The molecule has 3 nitrogen and oxygen atoms in total. The predicted octanol–water partition coefficient (Wildman–Crippen LogP) is 3.01. The average molecular weight is 314 g/mol. The van der Waals surface area contributed by atoms with Gasteiger partial charge in [0, 0.05) is 10.0 Å². The van der Waals surface area contributed by atoms with E-state index >= 15 is 0 Å². The molecule has 1 fully saturated rings. The molecule has 2 rings (SSSR count). The molecule has 0 aliphatic carbocycles. The van der Waals surface area contributed by atoms with E-state index in [4.69, 9.17) is 4.74 Å². The highest BCUT2D eigenvalue weighted by molar-refractivity contribution is 9.10. The van der Waals surface area contributed by atoms with Crippen LogP contribution in [0.25, 0.3) is 0 Å². The summed E-state index contributed by atoms with van der Waals surface area (Å²) >= 11 is 3.53. The average Bonchev–Trinajstić information content (AvgIpc) is 2.38. The number of rotatable bonds is 3. The Balaban J connectivity index is 2.24. The molecule has 1 aliphatic rings. The van der Waals surface area contributed by atoms with Gasteiger partial charge in [-0.1, -0.05) is 15.9 Å². The summed E-state index contributed by atoms with van der Waals surface area (Å²) in [6, 6.07) is 2.02. The number of phenolic OH excluding ortho intramolecular Hbond substituents is 1. The lowest BCUT2D eigenvalue weighted by molar-refractivity contribution is 0.352. The highest BCUT2D eigenvalue weighted by atomic mass is 79.9. The first kappa shape index (κ1) is 13.7. The van der Waals surface area contributed by atoms with Crippen LogP contribution in [0.4, 0.5) is 0 Å². The maximum Gasteiger partial charge on any atom is 0.164 e. The largest absolute Gasteiger partial charge is 0.504 e. The topological polar surface area (TPSA) is 41.5 Å². The van der Waals surface area contributed by atoms with Crippen molar-refractivity contribution in [1.82, 2.24) is 5.32 Å². The standard InChI is InChI=1S/C14H20BrNO2/c1-9-12(15)7-11(13(17)14(9)18-2)6-10-4-3-5-16-8-10/h7,10,16-17H,3-6,8H2,1-2H3. The van der Waals surface area contributed by atoms with Gasteiger partial charge in [0.15, 0.2) is 11.5 Å². The highest BCUT2D eigenvalue weighted by Crippen LogP contribution is 2.39. The molecule has 1 heterocycles. The lowest BCUT2D eigenvalue weighted by Crippen LogP contribution is -2.30. The van der Waals surface area contributed by atoms with Crippen LogP contribution in [-0.4, -0.2) is 25.3 Å². The highest BCUT2D eigenvalue weighted by Gasteiger charge is 2.19. The molecule has 4 heteroatoms. The van der Waals surface area contributed by atoms with E-state index in [9.17, 15) is 5.11 Å². The van der Waals surface area contributed by atoms with Gasteiger partial charge < -0.3 is 15.2 Å². The molecule has 0 aromatic heterocycles. The molecule has 0 amide bonds. The Morgan fingerprint density at radius 1 is 1.56 bits per heavy atom. The zero-order chi connectivity index (χ0) is 13.1. The molecular formula is C14H20BrNO2. The first-order chi connectivity index (χ1) is 8.63. The Morgan fingerprint density at radius 3 is 2.94 bits per heavy atom. The molecule has 1 unspecified atom stereocenters. The second kappa shape index (κ2) is 5.93. The molecular weight excluding hydrogens is 294 g/mol. The smallest absolute Gasteiger partial charge is 0.164 e. The van der Waals surface area contributed by atoms with Crippen LogP contribution in [0, 0.1) is 12.8 Å². The van der Waals surface area contributed by atoms with E-state index in [1.165, 1.54) is 12.8 Å². The van der Waals surface area contributed by atoms with Gasteiger partial charge in [0.05, 0.1) is 7.11 Å². The fraction of sp³-hybridized carbons (Fsp3) is 0.571. The number of ether oxygens (including phenoxy) is 1. The molecule has 0 bridgehead atoms. The third kappa shape index (κ3) is 2.81. The molecule has 1 atom stereocenters. The third-order valence-corrected chi connectivity index (χ3v) is 4.45. The van der Waals surface area contributed by atoms with E-state index < -0.39 is 0 Å². The molecule has 1 aliphatic heterocycles. The number of hydrogen-bond acceptors (Lipinski definition) is 3. The molecule has 1 saturated heterocycles. The van der Waals surface area contributed by atoms with Gasteiger partial charge in [-0.25, -0.2) is 0 Å². The minimum Gasteiger partial charge on any atom is -0.504 e. The maximum atomic E-state index is 10.3. The number of piperidine rings is 1. The van der Waals surface area contributed by atoms with Gasteiger partial charge in [-0.3, -0.25) is 0 Å². The van der Waals surface area contributed by atoms with Gasteiger partial charge in [-0.2, -0.15) is 0 Å². The monoisotopic (exact) mass is 313 g/mol. The van der Waals surface area contributed by atoms with Crippen molar-refractivity contribution in [2.45, 2.75) is 26.2 Å². The van der Waals surface area contributed by atoms with Gasteiger partial charge in [0.25, 0.3) is 0 Å². The van der Waals surface area contributed by atoms with Crippen LogP contribution >= 0.6 is 15.9 Å². The summed E-state index contributed by atoms with van der Waals surface area (Å²) in [4.78, 5) is 0. The molecule has 1 aromatic rings. The Labute approximate surface area is 117 Å². The minimum absolute atomic E-state index is 0.295. The molecule has 2 N–H and O–H groups in total. The van der Waals surface area contributed by atoms with Crippen molar-refractivity contribution in [3.05, 3.63) is 21.7 Å². The van der Waals surface area contributed by atoms with Crippen molar-refractivity contribution in [3.63, 3.8) is 0 Å². The van der Waals surface area contributed by atoms with Crippen molar-refractivity contribution >= 4 is 15.9 Å². The Morgan fingerprint density at radius 2 is 2.33 bits per heavy atom. The SMILES string of the molecule is COc1c(C)c(Br)cc(CC2CCCNC2)c1O. The number of aromatic hydroxyl groups is 1. The van der Waals surface area contributed by atoms with Gasteiger partial charge in [0.2, 0.25) is 0 Å². The number of nitrogens with one attached hydrogen (secondary N) is 1. The number of hydrogen-bond donors (Lipinski definition) is 2. The number of phenols is 1. The van der Waals surface area contributed by atoms with Crippen molar-refractivity contribution in [1.29, 1.82) is 0 Å². The van der Waals surface area contributed by atoms with E-state index in [-0.39, 0.29) is 0 Å². The lowest BCUT2D eigenvalue weighted by Gasteiger charge is -2.23. The summed E-state index contributed by atoms with van der Waals surface area (Å²) in [5.74, 6) is 1.48. The zero-order valence-corrected chi connectivity index (χ0v) is 12.5. The zero-order valence-electron chi connectivity index (χ0n) is 10.9. The summed E-state index contributed by atoms with van der Waals surface area (Å²) in [6.07, 6.45) is 3.34. The first-order valence-electron chi connectivity index (χ1n) is 6.39. The van der Waals surface area contributed by atoms with Gasteiger partial charge in [-0.05, 0) is 56.8 Å². The molecule has 0 radical (unpaired) electrons. The molecule has 100 valence electrons. The molecule has 1 aromatic carbocycles. The van der Waals surface area contributed by atoms with E-state index in [0.717, 1.165) is 35.1 Å². The van der Waals surface area contributed by atoms with Crippen LogP contribution in [-0.2, 0) is 6.42 Å². The number of methoxy groups -OCH3 is 1. The maximum absolute atomic E-state index is 10.3. The van der Waals surface area contributed by atoms with Crippen LogP contribution in [0.1, 0.15) is 24.0 Å². The summed E-state index contributed by atoms with van der Waals surface area (Å²) in [6.45, 7) is 4.09. The third-order valence-electron chi connectivity index (χ3n) is 3.63. The van der Waals surface area contributed by atoms with E-state index in [2.05, 4.69) is 21.2 Å². The first-order valence-corrected chi connectivity index (χ1v) is 7.18. The molecule has 0 saturated carbocycles. The van der Waals surface area contributed by atoms with Crippen LogP contribution in [0.15, 0.2) is 10.5 Å². The van der Waals surface area contributed by atoms with Crippen molar-refractivity contribution in [2.24, 2.45) is 5.92 Å². The van der Waals surface area contributed by atoms with Crippen LogP contribution in [0.2, 0.25) is 0 Å². The Kier molecular flexibility index (Phi) is 4.51. The lowest BCUT2D eigenvalue weighted by atomic mass is 9.91. The fourth-order valence-electron chi connectivity index (χ4n) is 2.58. The summed E-state index contributed by atoms with van der Waals surface area (Å²) in [7, 11) is 1.60. The normalized spacial score (nSPS) is 19.8. The molecule has 0 spiro atoms. The van der Waals surface area contributed by atoms with Gasteiger partial charge in [-0.15, -0.1) is 0 Å². The predicted molar refractivity (Wildman–Crippen MR) is 76.4 cm³/mol. The van der Waals surface area contributed by atoms with Crippen molar-refractivity contribution < 1.29 is 9.84 Å². The second-order valence-corrected chi connectivity index (χ2v) is 5.80. The Hall–Kier alpha value is -0.740. The van der Waals surface area contributed by atoms with Crippen molar-refractivity contribution in [2.75, 3.05) is 20.2 Å².